The van der Waals surface area contributed by atoms with Gasteiger partial charge in [0.25, 0.3) is 0 Å². The molecule has 0 amide bonds. The maximum atomic E-state index is 13.5. The Bertz CT molecular complexity index is 562. The minimum Gasteiger partial charge on any atom is -0.392 e. The van der Waals surface area contributed by atoms with E-state index in [1.54, 1.807) is 0 Å². The third-order valence-corrected chi connectivity index (χ3v) is 2.36. The van der Waals surface area contributed by atoms with Crippen LogP contribution in [0, 0.1) is 5.82 Å². The summed E-state index contributed by atoms with van der Waals surface area (Å²) in [5, 5.41) is 12.3. The fourth-order valence-corrected chi connectivity index (χ4v) is 1.61. The van der Waals surface area contributed by atoms with Gasteiger partial charge >= 0.3 is 6.18 Å². The smallest absolute Gasteiger partial charge is 0.392 e. The summed E-state index contributed by atoms with van der Waals surface area (Å²) in [7, 11) is 0. The standard InChI is InChI=1S/C11H8F4N2O/c12-8-3-1-2-4-9(8)17-10(11(13,14)15)7(6-18)5-16-17/h1-5,18H,6H2. The van der Waals surface area contributed by atoms with Crippen LogP contribution in [0.25, 0.3) is 5.69 Å². The van der Waals surface area contributed by atoms with Gasteiger partial charge in [0.1, 0.15) is 11.5 Å². The number of benzene rings is 1. The number of alkyl halides is 3. The molecule has 0 spiro atoms. The van der Waals surface area contributed by atoms with Gasteiger partial charge in [-0.3, -0.25) is 0 Å². The Morgan fingerprint density at radius 2 is 1.89 bits per heavy atom. The summed E-state index contributed by atoms with van der Waals surface area (Å²) in [5.41, 5.74) is -1.88. The molecular weight excluding hydrogens is 252 g/mol. The molecule has 0 aliphatic carbocycles. The lowest BCUT2D eigenvalue weighted by molar-refractivity contribution is -0.143. The number of para-hydroxylation sites is 1. The van der Waals surface area contributed by atoms with Crippen molar-refractivity contribution in [2.24, 2.45) is 0 Å². The first kappa shape index (κ1) is 12.6. The molecule has 0 saturated carbocycles. The van der Waals surface area contributed by atoms with Gasteiger partial charge in [-0.15, -0.1) is 0 Å². The van der Waals surface area contributed by atoms with E-state index in [1.807, 2.05) is 0 Å². The molecule has 1 aromatic carbocycles. The van der Waals surface area contributed by atoms with Gasteiger partial charge in [-0.2, -0.15) is 18.3 Å². The predicted molar refractivity (Wildman–Crippen MR) is 54.4 cm³/mol. The zero-order valence-electron chi connectivity index (χ0n) is 8.95. The second-order valence-electron chi connectivity index (χ2n) is 3.54. The molecule has 0 aliphatic rings. The van der Waals surface area contributed by atoms with Gasteiger partial charge in [0.15, 0.2) is 5.69 Å². The van der Waals surface area contributed by atoms with Crippen molar-refractivity contribution in [3.05, 3.63) is 47.5 Å². The first-order valence-corrected chi connectivity index (χ1v) is 4.95. The molecule has 0 bridgehead atoms. The lowest BCUT2D eigenvalue weighted by Crippen LogP contribution is -2.16. The summed E-state index contributed by atoms with van der Waals surface area (Å²) < 4.78 is 52.5. The van der Waals surface area contributed by atoms with Crippen molar-refractivity contribution in [1.82, 2.24) is 9.78 Å². The van der Waals surface area contributed by atoms with Crippen molar-refractivity contribution < 1.29 is 22.7 Å². The van der Waals surface area contributed by atoms with Crippen molar-refractivity contribution in [3.8, 4) is 5.69 Å². The monoisotopic (exact) mass is 260 g/mol. The first-order chi connectivity index (χ1) is 8.45. The van der Waals surface area contributed by atoms with Crippen LogP contribution in [-0.4, -0.2) is 14.9 Å². The fraction of sp³-hybridized carbons (Fsp3) is 0.182. The SMILES string of the molecule is OCc1cnn(-c2ccccc2F)c1C(F)(F)F. The van der Waals surface area contributed by atoms with E-state index < -0.39 is 29.9 Å². The summed E-state index contributed by atoms with van der Waals surface area (Å²) in [5.74, 6) is -0.824. The lowest BCUT2D eigenvalue weighted by Gasteiger charge is -2.12. The summed E-state index contributed by atoms with van der Waals surface area (Å²) in [6.45, 7) is -0.816. The number of halogens is 4. The molecule has 3 nitrogen and oxygen atoms in total. The minimum absolute atomic E-state index is 0.315. The van der Waals surface area contributed by atoms with E-state index in [0.717, 1.165) is 12.3 Å². The van der Waals surface area contributed by atoms with Crippen LogP contribution in [0.2, 0.25) is 0 Å². The summed E-state index contributed by atoms with van der Waals surface area (Å²) in [4.78, 5) is 0. The van der Waals surface area contributed by atoms with Gasteiger partial charge < -0.3 is 5.11 Å². The molecule has 2 rings (SSSR count). The highest BCUT2D eigenvalue weighted by atomic mass is 19.4. The molecule has 1 N–H and O–H groups in total. The molecule has 18 heavy (non-hydrogen) atoms. The molecule has 0 aliphatic heterocycles. The third kappa shape index (κ3) is 2.08. The van der Waals surface area contributed by atoms with Crippen molar-refractivity contribution in [2.75, 3.05) is 0 Å². The predicted octanol–water partition coefficient (Wildman–Crippen LogP) is 2.52. The number of nitrogens with zero attached hydrogens (tertiary/aromatic N) is 2. The number of hydrogen-bond acceptors (Lipinski definition) is 2. The molecule has 0 fully saturated rings. The number of aliphatic hydroxyl groups is 1. The van der Waals surface area contributed by atoms with Gasteiger partial charge in [-0.05, 0) is 12.1 Å². The molecule has 1 heterocycles. The summed E-state index contributed by atoms with van der Waals surface area (Å²) in [6, 6.07) is 4.98. The van der Waals surface area contributed by atoms with E-state index in [4.69, 9.17) is 5.11 Å². The summed E-state index contributed by atoms with van der Waals surface area (Å²) in [6.07, 6.45) is -3.86. The van der Waals surface area contributed by atoms with E-state index >= 15 is 0 Å². The average Bonchev–Trinajstić information content (AvgIpc) is 2.73. The van der Waals surface area contributed by atoms with Crippen LogP contribution in [0.15, 0.2) is 30.5 Å². The fourth-order valence-electron chi connectivity index (χ4n) is 1.61. The van der Waals surface area contributed by atoms with Crippen LogP contribution in [0.3, 0.4) is 0 Å². The van der Waals surface area contributed by atoms with Gasteiger partial charge in [-0.1, -0.05) is 12.1 Å². The minimum atomic E-state index is -4.73. The first-order valence-electron chi connectivity index (χ1n) is 4.95. The summed E-state index contributed by atoms with van der Waals surface area (Å²) >= 11 is 0. The van der Waals surface area contributed by atoms with Crippen LogP contribution in [-0.2, 0) is 12.8 Å². The topological polar surface area (TPSA) is 38.1 Å². The highest BCUT2D eigenvalue weighted by Crippen LogP contribution is 2.33. The second kappa shape index (κ2) is 4.41. The normalized spacial score (nSPS) is 11.8. The van der Waals surface area contributed by atoms with E-state index in [0.29, 0.717) is 4.68 Å². The molecule has 0 radical (unpaired) electrons. The van der Waals surface area contributed by atoms with Crippen molar-refractivity contribution in [2.45, 2.75) is 12.8 Å². The van der Waals surface area contributed by atoms with Gasteiger partial charge in [0.05, 0.1) is 12.8 Å². The molecule has 2 aromatic rings. The molecule has 0 atom stereocenters. The molecule has 96 valence electrons. The molecule has 0 unspecified atom stereocenters. The Labute approximate surface area is 99.3 Å². The lowest BCUT2D eigenvalue weighted by atomic mass is 10.2. The van der Waals surface area contributed by atoms with Crippen molar-refractivity contribution >= 4 is 0 Å². The Hall–Kier alpha value is -1.89. The molecule has 0 saturated heterocycles. The third-order valence-electron chi connectivity index (χ3n) is 2.36. The van der Waals surface area contributed by atoms with Crippen LogP contribution in [0.5, 0.6) is 0 Å². The van der Waals surface area contributed by atoms with E-state index in [9.17, 15) is 17.6 Å². The Balaban J connectivity index is 2.66. The number of aromatic nitrogens is 2. The number of rotatable bonds is 2. The maximum Gasteiger partial charge on any atom is 0.433 e. The highest BCUT2D eigenvalue weighted by molar-refractivity contribution is 5.37. The van der Waals surface area contributed by atoms with Crippen molar-refractivity contribution in [3.63, 3.8) is 0 Å². The highest BCUT2D eigenvalue weighted by Gasteiger charge is 2.38. The van der Waals surface area contributed by atoms with Crippen molar-refractivity contribution in [1.29, 1.82) is 0 Å². The number of aliphatic hydroxyl groups excluding tert-OH is 1. The Kier molecular flexibility index (Phi) is 3.08. The molecule has 1 aromatic heterocycles. The largest absolute Gasteiger partial charge is 0.433 e. The maximum absolute atomic E-state index is 13.5. The Morgan fingerprint density at radius 1 is 1.22 bits per heavy atom. The van der Waals surface area contributed by atoms with Crippen LogP contribution >= 0.6 is 0 Å². The van der Waals surface area contributed by atoms with Gasteiger partial charge in [0, 0.05) is 5.56 Å². The molecule has 7 heteroatoms. The number of hydrogen-bond donors (Lipinski definition) is 1. The van der Waals surface area contributed by atoms with E-state index in [1.165, 1.54) is 18.2 Å². The average molecular weight is 260 g/mol. The van der Waals surface area contributed by atoms with Gasteiger partial charge in [-0.25, -0.2) is 9.07 Å². The van der Waals surface area contributed by atoms with Crippen LogP contribution < -0.4 is 0 Å². The van der Waals surface area contributed by atoms with Crippen LogP contribution in [0.1, 0.15) is 11.3 Å². The zero-order valence-corrected chi connectivity index (χ0v) is 8.95. The Morgan fingerprint density at radius 3 is 2.44 bits per heavy atom. The second-order valence-corrected chi connectivity index (χ2v) is 3.54. The van der Waals surface area contributed by atoms with E-state index in [2.05, 4.69) is 5.10 Å². The van der Waals surface area contributed by atoms with Gasteiger partial charge in [0.2, 0.25) is 0 Å². The van der Waals surface area contributed by atoms with Crippen LogP contribution in [0.4, 0.5) is 17.6 Å². The van der Waals surface area contributed by atoms with E-state index in [-0.39, 0.29) is 5.69 Å². The zero-order chi connectivity index (χ0) is 13.3. The quantitative estimate of drug-likeness (QED) is 0.842. The molecular formula is C11H8F4N2O.